The van der Waals surface area contributed by atoms with E-state index >= 15 is 0 Å². The highest BCUT2D eigenvalue weighted by atomic mass is 19.4. The second-order valence-electron chi connectivity index (χ2n) is 5.01. The normalized spacial score (nSPS) is 13.5. The van der Waals surface area contributed by atoms with Gasteiger partial charge in [0, 0.05) is 17.8 Å². The van der Waals surface area contributed by atoms with Crippen LogP contribution in [0.3, 0.4) is 0 Å². The van der Waals surface area contributed by atoms with Crippen LogP contribution in [0, 0.1) is 0 Å². The highest BCUT2D eigenvalue weighted by molar-refractivity contribution is 5.82. The number of hydrogen-bond acceptors (Lipinski definition) is 4. The molecule has 2 heterocycles. The Morgan fingerprint density at radius 2 is 1.87 bits per heavy atom. The van der Waals surface area contributed by atoms with Crippen molar-refractivity contribution < 1.29 is 22.6 Å². The van der Waals surface area contributed by atoms with Gasteiger partial charge in [0.2, 0.25) is 12.7 Å². The first kappa shape index (κ1) is 13.7. The third kappa shape index (κ3) is 2.52. The van der Waals surface area contributed by atoms with Gasteiger partial charge >= 0.3 is 6.18 Å². The molecule has 0 atom stereocenters. The molecule has 5 nitrogen and oxygen atoms in total. The van der Waals surface area contributed by atoms with Crippen LogP contribution in [-0.2, 0) is 6.18 Å². The van der Waals surface area contributed by atoms with Gasteiger partial charge in [-0.05, 0) is 18.2 Å². The molecule has 0 aliphatic carbocycles. The van der Waals surface area contributed by atoms with Crippen LogP contribution < -0.4 is 14.8 Å². The molecule has 0 saturated heterocycles. The first-order chi connectivity index (χ1) is 11.0. The van der Waals surface area contributed by atoms with E-state index in [4.69, 9.17) is 9.47 Å². The average molecular weight is 321 g/mol. The van der Waals surface area contributed by atoms with E-state index in [0.717, 1.165) is 12.1 Å². The van der Waals surface area contributed by atoms with Gasteiger partial charge in [0.1, 0.15) is 0 Å². The fraction of sp³-hybridized carbons (Fsp3) is 0.133. The molecule has 4 rings (SSSR count). The minimum Gasteiger partial charge on any atom is -0.454 e. The molecular formula is C15H10F3N3O2. The van der Waals surface area contributed by atoms with Gasteiger partial charge in [-0.2, -0.15) is 13.2 Å². The van der Waals surface area contributed by atoms with Crippen molar-refractivity contribution in [3.8, 4) is 11.5 Å². The largest absolute Gasteiger partial charge is 0.454 e. The van der Waals surface area contributed by atoms with Crippen molar-refractivity contribution in [1.82, 2.24) is 9.97 Å². The summed E-state index contributed by atoms with van der Waals surface area (Å²) in [5.74, 6) is 1.53. The first-order valence-corrected chi connectivity index (χ1v) is 6.73. The number of hydrogen-bond donors (Lipinski definition) is 2. The van der Waals surface area contributed by atoms with Crippen LogP contribution in [0.4, 0.5) is 24.8 Å². The fourth-order valence-corrected chi connectivity index (χ4v) is 2.37. The van der Waals surface area contributed by atoms with Crippen molar-refractivity contribution in [3.05, 3.63) is 42.0 Å². The number of anilines is 2. The predicted octanol–water partition coefficient (Wildman–Crippen LogP) is 4.05. The van der Waals surface area contributed by atoms with Crippen LogP contribution in [0.1, 0.15) is 5.56 Å². The van der Waals surface area contributed by atoms with Gasteiger partial charge < -0.3 is 19.8 Å². The van der Waals surface area contributed by atoms with Crippen LogP contribution >= 0.6 is 0 Å². The number of benzene rings is 2. The summed E-state index contributed by atoms with van der Waals surface area (Å²) in [5, 5.41) is 2.83. The Morgan fingerprint density at radius 3 is 2.65 bits per heavy atom. The molecular weight excluding hydrogens is 311 g/mol. The van der Waals surface area contributed by atoms with Crippen molar-refractivity contribution in [2.45, 2.75) is 6.18 Å². The molecule has 0 saturated carbocycles. The maximum Gasteiger partial charge on any atom is 0.416 e. The number of H-pyrrole nitrogens is 1. The monoisotopic (exact) mass is 321 g/mol. The Bertz CT molecular complexity index is 848. The van der Waals surface area contributed by atoms with Gasteiger partial charge in [0.25, 0.3) is 0 Å². The standard InChI is InChI=1S/C15H10F3N3O2/c16-15(17,18)8-2-1-3-9(4-8)19-14-20-10-5-12-13(23-7-22-12)6-11(10)21-14/h1-6H,7H2,(H2,19,20,21). The second-order valence-corrected chi connectivity index (χ2v) is 5.01. The minimum absolute atomic E-state index is 0.164. The molecule has 118 valence electrons. The van der Waals surface area contributed by atoms with E-state index in [9.17, 15) is 13.2 Å². The number of halogens is 3. The highest BCUT2D eigenvalue weighted by Gasteiger charge is 2.30. The summed E-state index contributed by atoms with van der Waals surface area (Å²) < 4.78 is 48.7. The van der Waals surface area contributed by atoms with E-state index in [1.54, 1.807) is 12.1 Å². The number of fused-ring (bicyclic) bond motifs is 2. The van der Waals surface area contributed by atoms with Gasteiger partial charge in [0.15, 0.2) is 11.5 Å². The first-order valence-electron chi connectivity index (χ1n) is 6.73. The van der Waals surface area contributed by atoms with Crippen molar-refractivity contribution in [2.24, 2.45) is 0 Å². The summed E-state index contributed by atoms with van der Waals surface area (Å²) in [6, 6.07) is 8.37. The molecule has 0 spiro atoms. The molecule has 2 N–H and O–H groups in total. The molecule has 1 aromatic heterocycles. The van der Waals surface area contributed by atoms with Crippen LogP contribution in [0.5, 0.6) is 11.5 Å². The number of alkyl halides is 3. The number of aromatic amines is 1. The number of aromatic nitrogens is 2. The van der Waals surface area contributed by atoms with Crippen molar-refractivity contribution >= 4 is 22.7 Å². The SMILES string of the molecule is FC(F)(F)c1cccc(Nc2nc3cc4c(cc3[nH]2)OCO4)c1. The van der Waals surface area contributed by atoms with Gasteiger partial charge in [-0.25, -0.2) is 4.98 Å². The quantitative estimate of drug-likeness (QED) is 0.747. The van der Waals surface area contributed by atoms with Gasteiger partial charge in [0.05, 0.1) is 16.6 Å². The molecule has 0 radical (unpaired) electrons. The fourth-order valence-electron chi connectivity index (χ4n) is 2.37. The number of imidazole rings is 1. The maximum atomic E-state index is 12.7. The van der Waals surface area contributed by atoms with E-state index < -0.39 is 11.7 Å². The summed E-state index contributed by atoms with van der Waals surface area (Å²) >= 11 is 0. The van der Waals surface area contributed by atoms with Gasteiger partial charge in [-0.1, -0.05) is 6.07 Å². The molecule has 2 aromatic carbocycles. The molecule has 0 fully saturated rings. The summed E-state index contributed by atoms with van der Waals surface area (Å²) in [7, 11) is 0. The molecule has 0 unspecified atom stereocenters. The zero-order chi connectivity index (χ0) is 16.0. The van der Waals surface area contributed by atoms with Gasteiger partial charge in [-0.3, -0.25) is 0 Å². The van der Waals surface area contributed by atoms with Crippen molar-refractivity contribution in [2.75, 3.05) is 12.1 Å². The summed E-state index contributed by atoms with van der Waals surface area (Å²) in [6.07, 6.45) is -4.39. The topological polar surface area (TPSA) is 59.2 Å². The smallest absolute Gasteiger partial charge is 0.416 e. The molecule has 8 heteroatoms. The minimum atomic E-state index is -4.39. The third-order valence-corrected chi connectivity index (χ3v) is 3.43. The summed E-state index contributed by atoms with van der Waals surface area (Å²) in [6.45, 7) is 0.164. The number of nitrogens with one attached hydrogen (secondary N) is 2. The number of ether oxygens (including phenoxy) is 2. The van der Waals surface area contributed by atoms with Crippen LogP contribution in [0.2, 0.25) is 0 Å². The summed E-state index contributed by atoms with van der Waals surface area (Å²) in [5.41, 5.74) is 0.894. The lowest BCUT2D eigenvalue weighted by Crippen LogP contribution is -2.05. The van der Waals surface area contributed by atoms with E-state index in [1.165, 1.54) is 12.1 Å². The third-order valence-electron chi connectivity index (χ3n) is 3.43. The van der Waals surface area contributed by atoms with E-state index in [2.05, 4.69) is 15.3 Å². The Hall–Kier alpha value is -2.90. The van der Waals surface area contributed by atoms with Crippen LogP contribution in [0.25, 0.3) is 11.0 Å². The molecule has 1 aliphatic heterocycles. The summed E-state index contributed by atoms with van der Waals surface area (Å²) in [4.78, 5) is 7.29. The lowest BCUT2D eigenvalue weighted by Gasteiger charge is -2.08. The van der Waals surface area contributed by atoms with E-state index in [1.807, 2.05) is 0 Å². The number of rotatable bonds is 2. The zero-order valence-electron chi connectivity index (χ0n) is 11.6. The molecule has 1 aliphatic rings. The van der Waals surface area contributed by atoms with Crippen molar-refractivity contribution in [1.29, 1.82) is 0 Å². The molecule has 23 heavy (non-hydrogen) atoms. The Morgan fingerprint density at radius 1 is 1.09 bits per heavy atom. The predicted molar refractivity (Wildman–Crippen MR) is 76.9 cm³/mol. The highest BCUT2D eigenvalue weighted by Crippen LogP contribution is 2.36. The van der Waals surface area contributed by atoms with Crippen LogP contribution in [-0.4, -0.2) is 16.8 Å². The van der Waals surface area contributed by atoms with Crippen LogP contribution in [0.15, 0.2) is 36.4 Å². The molecule has 0 amide bonds. The average Bonchev–Trinajstić information content (AvgIpc) is 3.09. The zero-order valence-corrected chi connectivity index (χ0v) is 11.6. The number of nitrogens with zero attached hydrogens (tertiary/aromatic N) is 1. The van der Waals surface area contributed by atoms with E-state index in [0.29, 0.717) is 34.2 Å². The Balaban J connectivity index is 1.65. The Labute approximate surface area is 128 Å². The lowest BCUT2D eigenvalue weighted by molar-refractivity contribution is -0.137. The molecule has 3 aromatic rings. The van der Waals surface area contributed by atoms with Gasteiger partial charge in [-0.15, -0.1) is 0 Å². The van der Waals surface area contributed by atoms with Crippen molar-refractivity contribution in [3.63, 3.8) is 0 Å². The lowest BCUT2D eigenvalue weighted by atomic mass is 10.2. The Kier molecular flexibility index (Phi) is 2.87. The maximum absolute atomic E-state index is 12.7. The molecule has 0 bridgehead atoms. The second kappa shape index (κ2) is 4.80. The van der Waals surface area contributed by atoms with E-state index in [-0.39, 0.29) is 6.79 Å².